The van der Waals surface area contributed by atoms with Gasteiger partial charge in [0, 0.05) is 46.7 Å². The molecule has 55 heavy (non-hydrogen) atoms. The van der Waals surface area contributed by atoms with Crippen molar-refractivity contribution in [2.75, 3.05) is 26.3 Å². The number of amides is 1. The van der Waals surface area contributed by atoms with Crippen molar-refractivity contribution in [2.45, 2.75) is 96.5 Å². The Balaban J connectivity index is 1.44. The molecule has 0 spiro atoms. The minimum absolute atomic E-state index is 0.0178. The molecule has 0 unspecified atom stereocenters. The van der Waals surface area contributed by atoms with Gasteiger partial charge in [-0.2, -0.15) is 0 Å². The van der Waals surface area contributed by atoms with E-state index in [4.69, 9.17) is 45.4 Å². The summed E-state index contributed by atoms with van der Waals surface area (Å²) in [5, 5.41) is 8.32. The van der Waals surface area contributed by atoms with Crippen LogP contribution in [-0.4, -0.2) is 110 Å². The smallest absolute Gasteiger partial charge is 0.407 e. The molecule has 16 nitrogen and oxygen atoms in total. The molecule has 0 saturated carbocycles. The molecule has 0 aromatic heterocycles. The molecule has 4 rings (SSSR count). The van der Waals surface area contributed by atoms with Gasteiger partial charge in [-0.3, -0.25) is 19.2 Å². The van der Waals surface area contributed by atoms with E-state index in [2.05, 4.69) is 16.0 Å². The average molecular weight is 786 g/mol. The number of carbonyl (C=O) groups excluding carboxylic acids is 6. The number of nitrogens with one attached hydrogen (secondary N) is 3. The van der Waals surface area contributed by atoms with E-state index in [-0.39, 0.29) is 30.7 Å². The lowest BCUT2D eigenvalue weighted by atomic mass is 9.94. The Labute approximate surface area is 324 Å². The minimum Gasteiger partial charge on any atom is -0.463 e. The zero-order chi connectivity index (χ0) is 40.4. The third-order valence-corrected chi connectivity index (χ3v) is 8.63. The van der Waals surface area contributed by atoms with Gasteiger partial charge in [0.25, 0.3) is 0 Å². The Kier molecular flexibility index (Phi) is 14.5. The molecule has 1 fully saturated rings. The van der Waals surface area contributed by atoms with Crippen molar-refractivity contribution in [3.63, 3.8) is 0 Å². The zero-order valence-corrected chi connectivity index (χ0v) is 32.5. The van der Waals surface area contributed by atoms with Gasteiger partial charge in [0.15, 0.2) is 23.4 Å². The van der Waals surface area contributed by atoms with E-state index in [0.717, 1.165) is 43.0 Å². The molecule has 298 valence electrons. The number of esters is 5. The van der Waals surface area contributed by atoms with Gasteiger partial charge in [0.1, 0.15) is 37.1 Å². The van der Waals surface area contributed by atoms with E-state index < -0.39 is 84.7 Å². The molecular formula is C38H47N3O13S. The second-order valence-electron chi connectivity index (χ2n) is 13.9. The molecule has 2 aromatic carbocycles. The van der Waals surface area contributed by atoms with Gasteiger partial charge in [-0.25, -0.2) is 9.59 Å². The number of benzene rings is 2. The fraction of sp³-hybridized carbons (Fsp3) is 0.500. The second-order valence-corrected chi connectivity index (χ2v) is 14.3. The van der Waals surface area contributed by atoms with Crippen LogP contribution in [0.4, 0.5) is 4.79 Å². The number of rotatable bonds is 13. The third kappa shape index (κ3) is 12.1. The Bertz CT molecular complexity index is 1720. The normalized spacial score (nSPS) is 20.7. The van der Waals surface area contributed by atoms with E-state index in [1.54, 1.807) is 20.8 Å². The quantitative estimate of drug-likeness (QED) is 0.152. The van der Waals surface area contributed by atoms with E-state index in [9.17, 15) is 28.8 Å². The predicted molar refractivity (Wildman–Crippen MR) is 198 cm³/mol. The average Bonchev–Trinajstić information content (AvgIpc) is 3.41. The maximum absolute atomic E-state index is 13.2. The first kappa shape index (κ1) is 42.5. The van der Waals surface area contributed by atoms with Gasteiger partial charge in [0.2, 0.25) is 0 Å². The van der Waals surface area contributed by atoms with Crippen LogP contribution in [0.2, 0.25) is 0 Å². The Morgan fingerprint density at radius 2 is 1.24 bits per heavy atom. The summed E-state index contributed by atoms with van der Waals surface area (Å²) in [5.41, 5.74) is 3.29. The van der Waals surface area contributed by atoms with Crippen LogP contribution in [0.3, 0.4) is 0 Å². The largest absolute Gasteiger partial charge is 0.463 e. The first-order valence-electron chi connectivity index (χ1n) is 17.6. The number of ether oxygens (including phenoxy) is 7. The first-order chi connectivity index (χ1) is 25.9. The summed E-state index contributed by atoms with van der Waals surface area (Å²) in [5.74, 6) is -3.89. The Hall–Kier alpha value is -5.29. The van der Waals surface area contributed by atoms with Crippen molar-refractivity contribution in [1.29, 1.82) is 0 Å². The number of hydrogen-bond donors (Lipinski definition) is 3. The molecule has 0 radical (unpaired) electrons. The van der Waals surface area contributed by atoms with E-state index in [0.29, 0.717) is 0 Å². The summed E-state index contributed by atoms with van der Waals surface area (Å²) in [7, 11) is 0. The maximum Gasteiger partial charge on any atom is 0.407 e. The van der Waals surface area contributed by atoms with E-state index >= 15 is 0 Å². The highest BCUT2D eigenvalue weighted by Gasteiger charge is 2.52. The van der Waals surface area contributed by atoms with Crippen molar-refractivity contribution >= 4 is 53.3 Å². The topological polar surface area (TPSA) is 203 Å². The molecule has 1 aliphatic carbocycles. The van der Waals surface area contributed by atoms with Crippen LogP contribution in [0, 0.1) is 0 Å². The lowest BCUT2D eigenvalue weighted by Crippen LogP contribution is -2.64. The van der Waals surface area contributed by atoms with Gasteiger partial charge < -0.3 is 49.1 Å². The lowest BCUT2D eigenvalue weighted by molar-refractivity contribution is -0.251. The summed E-state index contributed by atoms with van der Waals surface area (Å²) in [4.78, 5) is 74.4. The molecule has 1 heterocycles. The third-order valence-electron chi connectivity index (χ3n) is 8.34. The zero-order valence-electron chi connectivity index (χ0n) is 31.7. The predicted octanol–water partition coefficient (Wildman–Crippen LogP) is 2.83. The number of alkyl carbamates (subject to hydrolysis) is 1. The van der Waals surface area contributed by atoms with Crippen LogP contribution in [-0.2, 0) is 57.1 Å². The summed E-state index contributed by atoms with van der Waals surface area (Å²) < 4.78 is 38.8. The maximum atomic E-state index is 13.2. The summed E-state index contributed by atoms with van der Waals surface area (Å²) in [6, 6.07) is 14.5. The molecule has 2 aromatic rings. The van der Waals surface area contributed by atoms with Crippen molar-refractivity contribution < 1.29 is 61.9 Å². The Morgan fingerprint density at radius 3 is 1.76 bits per heavy atom. The van der Waals surface area contributed by atoms with Gasteiger partial charge in [-0.05, 0) is 55.2 Å². The molecule has 6 atom stereocenters. The monoisotopic (exact) mass is 785 g/mol. The molecule has 3 N–H and O–H groups in total. The Morgan fingerprint density at radius 1 is 0.709 bits per heavy atom. The van der Waals surface area contributed by atoms with Crippen molar-refractivity contribution in [3.05, 3.63) is 59.7 Å². The van der Waals surface area contributed by atoms with Gasteiger partial charge >= 0.3 is 35.9 Å². The minimum atomic E-state index is -1.36. The number of thiocarbonyl (C=S) groups is 1. The SMILES string of the molecule is CC(=O)OC[C@H]1O[C@H](CNC(=S)NC[C@H](NC(=O)OCC2c3ccccc3-c3ccccc32)C(=O)OC(C)(C)C)[C@@H](OC(C)=O)[C@@H](OC(C)=O)[C@@H]1OC(C)=O. The molecule has 2 aliphatic rings. The summed E-state index contributed by atoms with van der Waals surface area (Å²) in [6.07, 6.45) is -7.07. The second kappa shape index (κ2) is 18.8. The summed E-state index contributed by atoms with van der Waals surface area (Å²) in [6.45, 7) is 8.81. The highest BCUT2D eigenvalue weighted by molar-refractivity contribution is 7.80. The van der Waals surface area contributed by atoms with E-state index in [1.807, 2.05) is 48.5 Å². The van der Waals surface area contributed by atoms with Gasteiger partial charge in [0.05, 0.1) is 0 Å². The molecule has 1 saturated heterocycles. The van der Waals surface area contributed by atoms with Crippen LogP contribution in [0.25, 0.3) is 11.1 Å². The van der Waals surface area contributed by atoms with Crippen molar-refractivity contribution in [3.8, 4) is 11.1 Å². The van der Waals surface area contributed by atoms with Gasteiger partial charge in [-0.15, -0.1) is 0 Å². The van der Waals surface area contributed by atoms with Crippen LogP contribution >= 0.6 is 12.2 Å². The van der Waals surface area contributed by atoms with E-state index in [1.165, 1.54) is 6.92 Å². The van der Waals surface area contributed by atoms with Crippen molar-refractivity contribution in [2.24, 2.45) is 0 Å². The lowest BCUT2D eigenvalue weighted by Gasteiger charge is -2.44. The molecule has 0 bridgehead atoms. The number of carbonyl (C=O) groups is 6. The number of fused-ring (bicyclic) bond motifs is 3. The molecule has 1 amide bonds. The first-order valence-corrected chi connectivity index (χ1v) is 18.0. The fourth-order valence-electron chi connectivity index (χ4n) is 6.28. The molecular weight excluding hydrogens is 738 g/mol. The van der Waals surface area contributed by atoms with Crippen LogP contribution < -0.4 is 16.0 Å². The summed E-state index contributed by atoms with van der Waals surface area (Å²) >= 11 is 5.46. The van der Waals surface area contributed by atoms with Crippen LogP contribution in [0.1, 0.15) is 65.5 Å². The standard InChI is InChI=1S/C38H47N3O13S/c1-20(42)48-19-31-33(51-22(3)44)34(52-23(4)45)32(50-21(2)43)30(53-31)17-40-36(55)39-16-29(35(46)54-38(5,6)7)41-37(47)49-18-28-26-14-10-8-12-24(26)25-13-9-11-15-27(25)28/h8-15,28-34H,16-19H2,1-7H3,(H,41,47)(H2,39,40,55)/t29-,30+,31+,32+,33+,34+/m0/s1. The van der Waals surface area contributed by atoms with Crippen LogP contribution in [0.15, 0.2) is 48.5 Å². The molecule has 1 aliphatic heterocycles. The highest BCUT2D eigenvalue weighted by Crippen LogP contribution is 2.44. The fourth-order valence-corrected chi connectivity index (χ4v) is 6.45. The van der Waals surface area contributed by atoms with Gasteiger partial charge in [-0.1, -0.05) is 48.5 Å². The molecule has 17 heteroatoms. The van der Waals surface area contributed by atoms with Crippen LogP contribution in [0.5, 0.6) is 0 Å². The van der Waals surface area contributed by atoms with Crippen molar-refractivity contribution in [1.82, 2.24) is 16.0 Å². The highest BCUT2D eigenvalue weighted by atomic mass is 32.1. The number of hydrogen-bond acceptors (Lipinski definition) is 14.